The Kier molecular flexibility index (Phi) is 6.48. The van der Waals surface area contributed by atoms with E-state index in [1.807, 2.05) is 0 Å². The summed E-state index contributed by atoms with van der Waals surface area (Å²) in [4.78, 5) is 11.5. The molecule has 0 saturated heterocycles. The number of carbonyl (C=O) groups excluding carboxylic acids is 1. The maximum absolute atomic E-state index is 11.5. The van der Waals surface area contributed by atoms with Crippen molar-refractivity contribution in [2.75, 3.05) is 6.54 Å². The van der Waals surface area contributed by atoms with Gasteiger partial charge in [0.05, 0.1) is 6.54 Å². The number of nitrogens with two attached hydrogens (primary N) is 1. The Hall–Kier alpha value is -0.650. The van der Waals surface area contributed by atoms with Crippen molar-refractivity contribution in [3.63, 3.8) is 0 Å². The maximum Gasteiger partial charge on any atom is 0.255 e. The molecule has 13 heavy (non-hydrogen) atoms. The molecule has 3 N–H and O–H groups in total. The molecule has 0 aliphatic carbocycles. The van der Waals surface area contributed by atoms with Crippen LogP contribution in [0.3, 0.4) is 0 Å². The van der Waals surface area contributed by atoms with E-state index in [4.69, 9.17) is 5.84 Å². The van der Waals surface area contributed by atoms with Crippen LogP contribution < -0.4 is 10.2 Å². The van der Waals surface area contributed by atoms with Crippen LogP contribution in [0.25, 0.3) is 0 Å². The number of hydrogen-bond acceptors (Lipinski definition) is 3. The van der Waals surface area contributed by atoms with E-state index in [9.17, 15) is 4.79 Å². The lowest BCUT2D eigenvalue weighted by atomic mass is 10.2. The van der Waals surface area contributed by atoms with E-state index >= 15 is 0 Å². The molecule has 0 aromatic rings. The van der Waals surface area contributed by atoms with E-state index in [1.165, 1.54) is 0 Å². The second-order valence-corrected chi connectivity index (χ2v) is 2.92. The number of amides is 1. The van der Waals surface area contributed by atoms with Gasteiger partial charge in [-0.3, -0.25) is 9.80 Å². The fourth-order valence-corrected chi connectivity index (χ4v) is 1.17. The second-order valence-electron chi connectivity index (χ2n) is 2.47. The van der Waals surface area contributed by atoms with Crippen LogP contribution in [0.2, 0.25) is 0 Å². The Morgan fingerprint density at radius 1 is 1.62 bits per heavy atom. The van der Waals surface area contributed by atoms with E-state index in [0.29, 0.717) is 13.0 Å². The predicted molar refractivity (Wildman–Crippen MR) is 56.8 cm³/mol. The fraction of sp³-hybridized carbons (Fsp3) is 0.375. The van der Waals surface area contributed by atoms with Crippen molar-refractivity contribution >= 4 is 22.1 Å². The Balaban J connectivity index is 4.17. The number of hydrogen-bond donors (Lipinski definition) is 2. The highest BCUT2D eigenvalue weighted by Crippen LogP contribution is 1.99. The minimum atomic E-state index is -0.373. The third-order valence-corrected chi connectivity index (χ3v) is 1.99. The van der Waals surface area contributed by atoms with Crippen LogP contribution in [0.1, 0.15) is 6.42 Å². The molecule has 0 aliphatic heterocycles. The largest absolute Gasteiger partial charge is 0.275 e. The molecular formula is C8H14BrN3O. The molecule has 0 bridgehead atoms. The summed E-state index contributed by atoms with van der Waals surface area (Å²) in [6, 6.07) is -0.373. The van der Waals surface area contributed by atoms with E-state index in [1.54, 1.807) is 12.2 Å². The zero-order valence-electron chi connectivity index (χ0n) is 7.37. The quantitative estimate of drug-likeness (QED) is 0.239. The van der Waals surface area contributed by atoms with Crippen LogP contribution in [0.4, 0.5) is 0 Å². The van der Waals surface area contributed by atoms with Crippen molar-refractivity contribution in [2.24, 2.45) is 5.84 Å². The zero-order chi connectivity index (χ0) is 10.3. The predicted octanol–water partition coefficient (Wildman–Crippen LogP) is 0.719. The summed E-state index contributed by atoms with van der Waals surface area (Å²) in [6.07, 6.45) is 3.74. The Bertz CT molecular complexity index is 196. The molecule has 1 atom stereocenters. The van der Waals surface area contributed by atoms with Crippen LogP contribution in [0.15, 0.2) is 25.3 Å². The SMILES string of the molecule is C=CCC(NBr)C(=O)N(N)CC=C. The monoisotopic (exact) mass is 247 g/mol. The highest BCUT2D eigenvalue weighted by atomic mass is 79.9. The molecule has 4 nitrogen and oxygen atoms in total. The molecular weight excluding hydrogens is 234 g/mol. The van der Waals surface area contributed by atoms with Crippen LogP contribution in [0, 0.1) is 0 Å². The average molecular weight is 248 g/mol. The lowest BCUT2D eigenvalue weighted by molar-refractivity contribution is -0.132. The summed E-state index contributed by atoms with van der Waals surface area (Å²) in [5.41, 5.74) is 0. The van der Waals surface area contributed by atoms with Crippen LogP contribution in [-0.4, -0.2) is 23.5 Å². The van der Waals surface area contributed by atoms with Crippen molar-refractivity contribution in [3.05, 3.63) is 25.3 Å². The molecule has 74 valence electrons. The molecule has 0 spiro atoms. The van der Waals surface area contributed by atoms with Gasteiger partial charge in [-0.15, -0.1) is 13.2 Å². The molecule has 1 unspecified atom stereocenters. The number of rotatable bonds is 6. The van der Waals surface area contributed by atoms with Crippen molar-refractivity contribution < 1.29 is 4.79 Å². The van der Waals surface area contributed by atoms with E-state index in [0.717, 1.165) is 5.01 Å². The fourth-order valence-electron chi connectivity index (χ4n) is 0.788. The van der Waals surface area contributed by atoms with Crippen LogP contribution in [0.5, 0.6) is 0 Å². The lowest BCUT2D eigenvalue weighted by Crippen LogP contribution is -2.47. The van der Waals surface area contributed by atoms with Gasteiger partial charge in [-0.1, -0.05) is 12.2 Å². The first kappa shape index (κ1) is 12.3. The molecule has 1 amide bonds. The zero-order valence-corrected chi connectivity index (χ0v) is 8.96. The number of nitrogens with zero attached hydrogens (tertiary/aromatic N) is 1. The van der Waals surface area contributed by atoms with Gasteiger partial charge in [-0.05, 0) is 6.42 Å². The van der Waals surface area contributed by atoms with Gasteiger partial charge in [0.15, 0.2) is 0 Å². The normalized spacial score (nSPS) is 11.8. The molecule has 0 saturated carbocycles. The van der Waals surface area contributed by atoms with Crippen LogP contribution in [-0.2, 0) is 4.79 Å². The van der Waals surface area contributed by atoms with E-state index in [2.05, 4.69) is 33.6 Å². The Labute approximate surface area is 86.8 Å². The third-order valence-electron chi connectivity index (χ3n) is 1.44. The first-order chi connectivity index (χ1) is 6.17. The molecule has 0 aromatic carbocycles. The highest BCUT2D eigenvalue weighted by molar-refractivity contribution is 9.08. The topological polar surface area (TPSA) is 58.4 Å². The Morgan fingerprint density at radius 2 is 2.23 bits per heavy atom. The van der Waals surface area contributed by atoms with Crippen molar-refractivity contribution in [3.8, 4) is 0 Å². The summed E-state index contributed by atoms with van der Waals surface area (Å²) in [6.45, 7) is 7.37. The van der Waals surface area contributed by atoms with Gasteiger partial charge in [-0.2, -0.15) is 0 Å². The molecule has 0 aliphatic rings. The van der Waals surface area contributed by atoms with Crippen molar-refractivity contribution in [2.45, 2.75) is 12.5 Å². The lowest BCUT2D eigenvalue weighted by Gasteiger charge is -2.19. The first-order valence-electron chi connectivity index (χ1n) is 3.81. The summed E-state index contributed by atoms with van der Waals surface area (Å²) >= 11 is 3.01. The number of hydrazine groups is 1. The van der Waals surface area contributed by atoms with E-state index in [-0.39, 0.29) is 11.9 Å². The van der Waals surface area contributed by atoms with Gasteiger partial charge in [0, 0.05) is 16.1 Å². The Morgan fingerprint density at radius 3 is 2.62 bits per heavy atom. The number of carbonyl (C=O) groups is 1. The molecule has 0 aromatic heterocycles. The van der Waals surface area contributed by atoms with Gasteiger partial charge < -0.3 is 0 Å². The minimum absolute atomic E-state index is 0.198. The first-order valence-corrected chi connectivity index (χ1v) is 4.60. The summed E-state index contributed by atoms with van der Waals surface area (Å²) in [5.74, 6) is 5.25. The molecule has 5 heteroatoms. The molecule has 0 rings (SSSR count). The van der Waals surface area contributed by atoms with E-state index < -0.39 is 0 Å². The minimum Gasteiger partial charge on any atom is -0.275 e. The summed E-state index contributed by atoms with van der Waals surface area (Å²) in [5, 5.41) is 1.11. The summed E-state index contributed by atoms with van der Waals surface area (Å²) in [7, 11) is 0. The van der Waals surface area contributed by atoms with Crippen LogP contribution >= 0.6 is 16.1 Å². The number of halogens is 1. The van der Waals surface area contributed by atoms with Gasteiger partial charge in [0.1, 0.15) is 6.04 Å². The van der Waals surface area contributed by atoms with Gasteiger partial charge in [0.25, 0.3) is 5.91 Å². The van der Waals surface area contributed by atoms with Crippen molar-refractivity contribution in [1.29, 1.82) is 0 Å². The van der Waals surface area contributed by atoms with Crippen molar-refractivity contribution in [1.82, 2.24) is 9.35 Å². The maximum atomic E-state index is 11.5. The second kappa shape index (κ2) is 6.82. The molecule has 0 fully saturated rings. The third kappa shape index (κ3) is 4.21. The molecule has 0 radical (unpaired) electrons. The van der Waals surface area contributed by atoms with Gasteiger partial charge >= 0.3 is 0 Å². The molecule has 0 heterocycles. The van der Waals surface area contributed by atoms with Gasteiger partial charge in [-0.25, -0.2) is 10.2 Å². The summed E-state index contributed by atoms with van der Waals surface area (Å²) < 4.78 is 2.68. The average Bonchev–Trinajstić information content (AvgIpc) is 2.13. The van der Waals surface area contributed by atoms with Gasteiger partial charge in [0.2, 0.25) is 0 Å². The standard InChI is InChI=1S/C8H14BrN3O/c1-3-5-7(11-9)8(13)12(10)6-4-2/h3-4,7,11H,1-2,5-6,10H2. The number of nitrogens with one attached hydrogen (secondary N) is 1. The smallest absolute Gasteiger partial charge is 0.255 e. The highest BCUT2D eigenvalue weighted by Gasteiger charge is 2.18.